The highest BCUT2D eigenvalue weighted by Gasteiger charge is 2.08. The van der Waals surface area contributed by atoms with E-state index in [2.05, 4.69) is 10.3 Å². The topological polar surface area (TPSA) is 68.0 Å². The third-order valence-corrected chi connectivity index (χ3v) is 3.57. The van der Waals surface area contributed by atoms with Crippen molar-refractivity contribution >= 4 is 34.5 Å². The molecule has 0 atom stereocenters. The van der Waals surface area contributed by atoms with E-state index in [9.17, 15) is 4.79 Å². The molecule has 0 saturated carbocycles. The van der Waals surface area contributed by atoms with Gasteiger partial charge in [0.1, 0.15) is 5.01 Å². The molecule has 3 N–H and O–H groups in total. The maximum Gasteiger partial charge on any atom is 0.251 e. The second-order valence-corrected chi connectivity index (χ2v) is 5.51. The molecule has 0 aliphatic heterocycles. The fourth-order valence-electron chi connectivity index (χ4n) is 1.41. The van der Waals surface area contributed by atoms with Crippen molar-refractivity contribution in [3.63, 3.8) is 0 Å². The van der Waals surface area contributed by atoms with Crippen LogP contribution in [0, 0.1) is 6.92 Å². The number of hydrogen-bond acceptors (Lipinski definition) is 4. The SMILES string of the molecule is Cc1cnc(CNC(=O)c2ccc(N)c(Cl)c2)s1. The molecule has 0 bridgehead atoms. The predicted octanol–water partition coefficient (Wildman–Crippen LogP) is 2.62. The number of nitrogen functional groups attached to an aromatic ring is 1. The summed E-state index contributed by atoms with van der Waals surface area (Å²) in [4.78, 5) is 17.1. The van der Waals surface area contributed by atoms with Gasteiger partial charge in [-0.05, 0) is 25.1 Å². The smallest absolute Gasteiger partial charge is 0.251 e. The Kier molecular flexibility index (Phi) is 3.84. The predicted molar refractivity (Wildman–Crippen MR) is 73.9 cm³/mol. The van der Waals surface area contributed by atoms with Gasteiger partial charge in [-0.3, -0.25) is 4.79 Å². The molecule has 0 fully saturated rings. The van der Waals surface area contributed by atoms with Crippen molar-refractivity contribution in [3.05, 3.63) is 44.9 Å². The molecule has 0 radical (unpaired) electrons. The van der Waals surface area contributed by atoms with Gasteiger partial charge < -0.3 is 11.1 Å². The van der Waals surface area contributed by atoms with Crippen LogP contribution >= 0.6 is 22.9 Å². The molecule has 1 aromatic heterocycles. The number of carbonyl (C=O) groups is 1. The van der Waals surface area contributed by atoms with Gasteiger partial charge in [0.05, 0.1) is 17.3 Å². The lowest BCUT2D eigenvalue weighted by molar-refractivity contribution is 0.0951. The summed E-state index contributed by atoms with van der Waals surface area (Å²) in [6.45, 7) is 2.39. The highest BCUT2D eigenvalue weighted by atomic mass is 35.5. The Morgan fingerprint density at radius 3 is 2.94 bits per heavy atom. The second kappa shape index (κ2) is 5.37. The number of nitrogens with zero attached hydrogens (tertiary/aromatic N) is 1. The van der Waals surface area contributed by atoms with Crippen molar-refractivity contribution < 1.29 is 4.79 Å². The zero-order chi connectivity index (χ0) is 13.1. The fourth-order valence-corrected chi connectivity index (χ4v) is 2.32. The standard InChI is InChI=1S/C12H12ClN3OS/c1-7-5-15-11(18-7)6-16-12(17)8-2-3-10(14)9(13)4-8/h2-5H,6,14H2,1H3,(H,16,17). The highest BCUT2D eigenvalue weighted by Crippen LogP contribution is 2.19. The average Bonchev–Trinajstić information content (AvgIpc) is 2.75. The van der Waals surface area contributed by atoms with Crippen LogP contribution < -0.4 is 11.1 Å². The quantitative estimate of drug-likeness (QED) is 0.850. The summed E-state index contributed by atoms with van der Waals surface area (Å²) in [6, 6.07) is 4.81. The Morgan fingerprint density at radius 2 is 2.33 bits per heavy atom. The van der Waals surface area contributed by atoms with Crippen molar-refractivity contribution in [2.24, 2.45) is 0 Å². The molecule has 0 aliphatic carbocycles. The Balaban J connectivity index is 2.01. The normalized spacial score (nSPS) is 10.3. The van der Waals surface area contributed by atoms with Gasteiger partial charge in [-0.15, -0.1) is 11.3 Å². The first-order valence-electron chi connectivity index (χ1n) is 5.31. The summed E-state index contributed by atoms with van der Waals surface area (Å²) in [5, 5.41) is 4.04. The Hall–Kier alpha value is -1.59. The fraction of sp³-hybridized carbons (Fsp3) is 0.167. The molecule has 94 valence electrons. The number of thiazole rings is 1. The summed E-state index contributed by atoms with van der Waals surface area (Å²) in [7, 11) is 0. The number of anilines is 1. The molecule has 0 aliphatic rings. The number of carbonyl (C=O) groups excluding carboxylic acids is 1. The number of nitrogens with one attached hydrogen (secondary N) is 1. The lowest BCUT2D eigenvalue weighted by atomic mass is 10.2. The second-order valence-electron chi connectivity index (χ2n) is 3.78. The molecular formula is C12H12ClN3OS. The summed E-state index contributed by atoms with van der Waals surface area (Å²) < 4.78 is 0. The van der Waals surface area contributed by atoms with E-state index in [1.54, 1.807) is 35.7 Å². The monoisotopic (exact) mass is 281 g/mol. The van der Waals surface area contributed by atoms with Gasteiger partial charge in [0.25, 0.3) is 5.91 Å². The van der Waals surface area contributed by atoms with Crippen LogP contribution in [0.3, 0.4) is 0 Å². The van der Waals surface area contributed by atoms with E-state index in [1.165, 1.54) is 0 Å². The van der Waals surface area contributed by atoms with Crippen LogP contribution in [0.15, 0.2) is 24.4 Å². The molecule has 18 heavy (non-hydrogen) atoms. The van der Waals surface area contributed by atoms with Crippen molar-refractivity contribution in [1.29, 1.82) is 0 Å². The van der Waals surface area contributed by atoms with Gasteiger partial charge in [-0.25, -0.2) is 4.98 Å². The van der Waals surface area contributed by atoms with E-state index in [-0.39, 0.29) is 5.91 Å². The van der Waals surface area contributed by atoms with Gasteiger partial charge in [-0.1, -0.05) is 11.6 Å². The molecule has 1 aromatic carbocycles. The van der Waals surface area contributed by atoms with E-state index in [1.807, 2.05) is 6.92 Å². The van der Waals surface area contributed by atoms with Crippen LogP contribution in [0.4, 0.5) is 5.69 Å². The van der Waals surface area contributed by atoms with Gasteiger partial charge in [0.2, 0.25) is 0 Å². The van der Waals surface area contributed by atoms with E-state index >= 15 is 0 Å². The van der Waals surface area contributed by atoms with E-state index < -0.39 is 0 Å². The van der Waals surface area contributed by atoms with E-state index in [4.69, 9.17) is 17.3 Å². The van der Waals surface area contributed by atoms with E-state index in [0.29, 0.717) is 22.8 Å². The zero-order valence-electron chi connectivity index (χ0n) is 9.74. The molecule has 0 spiro atoms. The molecular weight excluding hydrogens is 270 g/mol. The summed E-state index contributed by atoms with van der Waals surface area (Å²) in [5.41, 5.74) is 6.53. The van der Waals surface area contributed by atoms with Crippen LogP contribution in [0.1, 0.15) is 20.2 Å². The maximum atomic E-state index is 11.9. The molecule has 6 heteroatoms. The van der Waals surface area contributed by atoms with Crippen molar-refractivity contribution in [2.75, 3.05) is 5.73 Å². The number of amides is 1. The minimum Gasteiger partial charge on any atom is -0.398 e. The minimum absolute atomic E-state index is 0.190. The number of hydrogen-bond donors (Lipinski definition) is 2. The van der Waals surface area contributed by atoms with Crippen molar-refractivity contribution in [3.8, 4) is 0 Å². The number of nitrogens with two attached hydrogens (primary N) is 1. The Morgan fingerprint density at radius 1 is 1.56 bits per heavy atom. The van der Waals surface area contributed by atoms with Crippen molar-refractivity contribution in [1.82, 2.24) is 10.3 Å². The Bertz CT molecular complexity index is 582. The van der Waals surface area contributed by atoms with Crippen LogP contribution in [-0.4, -0.2) is 10.9 Å². The number of aromatic nitrogens is 1. The first-order chi connectivity index (χ1) is 8.56. The molecule has 1 heterocycles. The number of rotatable bonds is 3. The average molecular weight is 282 g/mol. The minimum atomic E-state index is -0.190. The summed E-state index contributed by atoms with van der Waals surface area (Å²) in [5.74, 6) is -0.190. The zero-order valence-corrected chi connectivity index (χ0v) is 11.3. The first-order valence-corrected chi connectivity index (χ1v) is 6.50. The lowest BCUT2D eigenvalue weighted by Gasteiger charge is -2.04. The highest BCUT2D eigenvalue weighted by molar-refractivity contribution is 7.11. The van der Waals surface area contributed by atoms with Gasteiger partial charge in [-0.2, -0.15) is 0 Å². The molecule has 0 unspecified atom stereocenters. The third kappa shape index (κ3) is 3.00. The first kappa shape index (κ1) is 12.9. The number of aryl methyl sites for hydroxylation is 1. The van der Waals surface area contributed by atoms with Crippen LogP contribution in [0.25, 0.3) is 0 Å². The summed E-state index contributed by atoms with van der Waals surface area (Å²) >= 11 is 7.42. The van der Waals surface area contributed by atoms with Crippen LogP contribution in [0.2, 0.25) is 5.02 Å². The van der Waals surface area contributed by atoms with Gasteiger partial charge >= 0.3 is 0 Å². The van der Waals surface area contributed by atoms with Gasteiger partial charge in [0.15, 0.2) is 0 Å². The number of benzene rings is 1. The molecule has 4 nitrogen and oxygen atoms in total. The maximum absolute atomic E-state index is 11.9. The molecule has 1 amide bonds. The largest absolute Gasteiger partial charge is 0.398 e. The number of halogens is 1. The molecule has 2 rings (SSSR count). The van der Waals surface area contributed by atoms with Gasteiger partial charge in [0, 0.05) is 16.6 Å². The van der Waals surface area contributed by atoms with E-state index in [0.717, 1.165) is 9.88 Å². The van der Waals surface area contributed by atoms with Crippen molar-refractivity contribution in [2.45, 2.75) is 13.5 Å². The Labute approximate surface area is 114 Å². The summed E-state index contributed by atoms with van der Waals surface area (Å²) in [6.07, 6.45) is 1.78. The molecule has 2 aromatic rings. The van der Waals surface area contributed by atoms with Crippen LogP contribution in [-0.2, 0) is 6.54 Å². The third-order valence-electron chi connectivity index (χ3n) is 2.33. The molecule has 0 saturated heterocycles. The van der Waals surface area contributed by atoms with Crippen LogP contribution in [0.5, 0.6) is 0 Å². The lowest BCUT2D eigenvalue weighted by Crippen LogP contribution is -2.22.